The molecule has 2 rings (SSSR count). The highest BCUT2D eigenvalue weighted by molar-refractivity contribution is 7.12. The molecule has 0 saturated heterocycles. The molecule has 0 saturated carbocycles. The number of nitrogens with zero attached hydrogens (tertiary/aromatic N) is 1. The van der Waals surface area contributed by atoms with E-state index in [1.807, 2.05) is 24.3 Å². The summed E-state index contributed by atoms with van der Waals surface area (Å²) in [7, 11) is 3.74. The van der Waals surface area contributed by atoms with Crippen molar-refractivity contribution in [1.29, 1.82) is 0 Å². The Labute approximate surface area is 129 Å². The molecule has 1 N–H and O–H groups in total. The Morgan fingerprint density at radius 1 is 1.29 bits per heavy atom. The van der Waals surface area contributed by atoms with Crippen molar-refractivity contribution in [2.75, 3.05) is 25.7 Å². The number of methoxy groups -OCH3 is 1. The third kappa shape index (κ3) is 4.52. The molecule has 4 heteroatoms. The Morgan fingerprint density at radius 3 is 2.90 bits per heavy atom. The Kier molecular flexibility index (Phi) is 5.68. The zero-order valence-electron chi connectivity index (χ0n) is 12.3. The molecule has 0 unspecified atom stereocenters. The highest BCUT2D eigenvalue weighted by Crippen LogP contribution is 2.23. The quantitative estimate of drug-likeness (QED) is 0.861. The first-order chi connectivity index (χ1) is 10.2. The van der Waals surface area contributed by atoms with Crippen LogP contribution in [0.1, 0.15) is 16.2 Å². The van der Waals surface area contributed by atoms with Gasteiger partial charge in [0.15, 0.2) is 0 Å². The second-order valence-electron chi connectivity index (χ2n) is 4.60. The summed E-state index contributed by atoms with van der Waals surface area (Å²) in [5.41, 5.74) is 1.12. The van der Waals surface area contributed by atoms with Crippen molar-refractivity contribution < 1.29 is 9.84 Å². The SMILES string of the molecule is COc1cccc(N(C)Cc2ccc(C#CCCO)s2)c1. The fraction of sp³-hybridized carbons (Fsp3) is 0.294. The van der Waals surface area contributed by atoms with Gasteiger partial charge in [-0.1, -0.05) is 17.9 Å². The van der Waals surface area contributed by atoms with Crippen LogP contribution in [0.25, 0.3) is 0 Å². The van der Waals surface area contributed by atoms with Gasteiger partial charge in [0.25, 0.3) is 0 Å². The largest absolute Gasteiger partial charge is 0.497 e. The van der Waals surface area contributed by atoms with Crippen LogP contribution >= 0.6 is 11.3 Å². The van der Waals surface area contributed by atoms with E-state index >= 15 is 0 Å². The van der Waals surface area contributed by atoms with Crippen LogP contribution < -0.4 is 9.64 Å². The van der Waals surface area contributed by atoms with E-state index in [-0.39, 0.29) is 6.61 Å². The monoisotopic (exact) mass is 301 g/mol. The van der Waals surface area contributed by atoms with Gasteiger partial charge in [-0.15, -0.1) is 11.3 Å². The normalized spacial score (nSPS) is 9.86. The third-order valence-electron chi connectivity index (χ3n) is 3.00. The molecule has 0 atom stereocenters. The average Bonchev–Trinajstić information content (AvgIpc) is 2.95. The van der Waals surface area contributed by atoms with E-state index in [4.69, 9.17) is 9.84 Å². The molecule has 0 aliphatic rings. The highest BCUT2D eigenvalue weighted by atomic mass is 32.1. The molecule has 0 bridgehead atoms. The van der Waals surface area contributed by atoms with Crippen LogP contribution in [-0.4, -0.2) is 25.9 Å². The lowest BCUT2D eigenvalue weighted by Gasteiger charge is -2.18. The Balaban J connectivity index is 2.02. The fourth-order valence-corrected chi connectivity index (χ4v) is 2.84. The summed E-state index contributed by atoms with van der Waals surface area (Å²) < 4.78 is 5.25. The Hall–Kier alpha value is -1.96. The van der Waals surface area contributed by atoms with Gasteiger partial charge < -0.3 is 14.7 Å². The topological polar surface area (TPSA) is 32.7 Å². The molecule has 0 aliphatic carbocycles. The lowest BCUT2D eigenvalue weighted by molar-refractivity contribution is 0.305. The van der Waals surface area contributed by atoms with Gasteiger partial charge in [0.2, 0.25) is 0 Å². The molecule has 0 fully saturated rings. The summed E-state index contributed by atoms with van der Waals surface area (Å²) in [6, 6.07) is 12.2. The molecule has 0 aliphatic heterocycles. The molecule has 0 radical (unpaired) electrons. The number of thiophene rings is 1. The van der Waals surface area contributed by atoms with Crippen LogP contribution in [0, 0.1) is 11.8 Å². The number of aliphatic hydroxyl groups is 1. The maximum absolute atomic E-state index is 8.72. The van der Waals surface area contributed by atoms with E-state index in [0.717, 1.165) is 22.9 Å². The summed E-state index contributed by atoms with van der Waals surface area (Å²) in [6.45, 7) is 0.948. The van der Waals surface area contributed by atoms with E-state index in [9.17, 15) is 0 Å². The minimum Gasteiger partial charge on any atom is -0.497 e. The summed E-state index contributed by atoms with van der Waals surface area (Å²) in [5, 5.41) is 8.72. The van der Waals surface area contributed by atoms with Crippen LogP contribution in [-0.2, 0) is 6.54 Å². The molecule has 1 heterocycles. The molecule has 0 amide bonds. The maximum Gasteiger partial charge on any atom is 0.120 e. The van der Waals surface area contributed by atoms with Crippen LogP contribution in [0.4, 0.5) is 5.69 Å². The van der Waals surface area contributed by atoms with E-state index < -0.39 is 0 Å². The van der Waals surface area contributed by atoms with Gasteiger partial charge in [-0.25, -0.2) is 0 Å². The smallest absolute Gasteiger partial charge is 0.120 e. The number of hydrogen-bond acceptors (Lipinski definition) is 4. The minimum absolute atomic E-state index is 0.115. The number of anilines is 1. The van der Waals surface area contributed by atoms with Crippen molar-refractivity contribution in [2.45, 2.75) is 13.0 Å². The van der Waals surface area contributed by atoms with Crippen molar-refractivity contribution in [3.8, 4) is 17.6 Å². The molecule has 2 aromatic rings. The Morgan fingerprint density at radius 2 is 2.14 bits per heavy atom. The standard InChI is InChI=1S/C17H19NO2S/c1-18(14-6-5-7-15(12-14)20-2)13-17-10-9-16(21-17)8-3-4-11-19/h5-7,9-10,12,19H,4,11,13H2,1-2H3. The first-order valence-electron chi connectivity index (χ1n) is 6.76. The summed E-state index contributed by atoms with van der Waals surface area (Å²) in [4.78, 5) is 4.48. The number of rotatable bonds is 5. The molecule has 0 spiro atoms. The zero-order valence-corrected chi connectivity index (χ0v) is 13.1. The van der Waals surface area contributed by atoms with Crippen LogP contribution in [0.3, 0.4) is 0 Å². The van der Waals surface area contributed by atoms with E-state index in [1.165, 1.54) is 4.88 Å². The predicted molar refractivity (Wildman–Crippen MR) is 88.0 cm³/mol. The van der Waals surface area contributed by atoms with Crippen molar-refractivity contribution in [3.63, 3.8) is 0 Å². The lowest BCUT2D eigenvalue weighted by atomic mass is 10.2. The summed E-state index contributed by atoms with van der Waals surface area (Å²) >= 11 is 1.69. The number of ether oxygens (including phenoxy) is 1. The van der Waals surface area contributed by atoms with Gasteiger partial charge in [-0.2, -0.15) is 0 Å². The van der Waals surface area contributed by atoms with Gasteiger partial charge in [0.1, 0.15) is 5.75 Å². The van der Waals surface area contributed by atoms with Crippen molar-refractivity contribution >= 4 is 17.0 Å². The van der Waals surface area contributed by atoms with Gasteiger partial charge in [-0.05, 0) is 24.3 Å². The molecule has 21 heavy (non-hydrogen) atoms. The Bertz CT molecular complexity index is 639. The third-order valence-corrected chi connectivity index (χ3v) is 3.98. The molecular formula is C17H19NO2S. The zero-order chi connectivity index (χ0) is 15.1. The van der Waals surface area contributed by atoms with E-state index in [1.54, 1.807) is 18.4 Å². The number of hydrogen-bond donors (Lipinski definition) is 1. The lowest BCUT2D eigenvalue weighted by Crippen LogP contribution is -2.15. The first-order valence-corrected chi connectivity index (χ1v) is 7.58. The number of benzene rings is 1. The molecular weight excluding hydrogens is 282 g/mol. The molecule has 1 aromatic heterocycles. The fourth-order valence-electron chi connectivity index (χ4n) is 1.91. The average molecular weight is 301 g/mol. The van der Waals surface area contributed by atoms with E-state index in [0.29, 0.717) is 6.42 Å². The van der Waals surface area contributed by atoms with Gasteiger partial charge in [0.05, 0.1) is 25.1 Å². The summed E-state index contributed by atoms with van der Waals surface area (Å²) in [6.07, 6.45) is 0.525. The van der Waals surface area contributed by atoms with Crippen molar-refractivity contribution in [2.24, 2.45) is 0 Å². The second-order valence-corrected chi connectivity index (χ2v) is 5.77. The van der Waals surface area contributed by atoms with Crippen molar-refractivity contribution in [3.05, 3.63) is 46.2 Å². The number of aliphatic hydroxyl groups excluding tert-OH is 1. The minimum atomic E-state index is 0.115. The summed E-state index contributed by atoms with van der Waals surface area (Å²) in [5.74, 6) is 6.87. The predicted octanol–water partition coefficient (Wildman–Crippen LogP) is 3.13. The molecule has 3 nitrogen and oxygen atoms in total. The van der Waals surface area contributed by atoms with Crippen LogP contribution in [0.15, 0.2) is 36.4 Å². The highest BCUT2D eigenvalue weighted by Gasteiger charge is 2.05. The van der Waals surface area contributed by atoms with Crippen molar-refractivity contribution in [1.82, 2.24) is 0 Å². The first kappa shape index (κ1) is 15.4. The van der Waals surface area contributed by atoms with E-state index in [2.05, 4.69) is 35.9 Å². The maximum atomic E-state index is 8.72. The van der Waals surface area contributed by atoms with Crippen LogP contribution in [0.5, 0.6) is 5.75 Å². The molecule has 1 aromatic carbocycles. The van der Waals surface area contributed by atoms with Gasteiger partial charge in [-0.3, -0.25) is 0 Å². The molecule has 110 valence electrons. The van der Waals surface area contributed by atoms with Gasteiger partial charge >= 0.3 is 0 Å². The van der Waals surface area contributed by atoms with Gasteiger partial charge in [0, 0.05) is 30.1 Å². The van der Waals surface area contributed by atoms with Crippen LogP contribution in [0.2, 0.25) is 0 Å². The second kappa shape index (κ2) is 7.72.